The summed E-state index contributed by atoms with van der Waals surface area (Å²) in [5.41, 5.74) is 3.77. The van der Waals surface area contributed by atoms with Gasteiger partial charge in [0.05, 0.1) is 11.0 Å². The highest BCUT2D eigenvalue weighted by Gasteiger charge is 2.39. The molecule has 34 heavy (non-hydrogen) atoms. The van der Waals surface area contributed by atoms with E-state index < -0.39 is 51.1 Å². The number of aliphatic hydroxyl groups is 2. The summed E-state index contributed by atoms with van der Waals surface area (Å²) >= 11 is 0. The van der Waals surface area contributed by atoms with Gasteiger partial charge in [0.2, 0.25) is 21.7 Å². The summed E-state index contributed by atoms with van der Waals surface area (Å²) < 4.78 is 40.0. The molecule has 1 aliphatic heterocycles. The van der Waals surface area contributed by atoms with Crippen LogP contribution >= 0.6 is 0 Å². The number of hydrogen-bond acceptors (Lipinski definition) is 7. The van der Waals surface area contributed by atoms with Crippen molar-refractivity contribution in [1.29, 1.82) is 0 Å². The minimum Gasteiger partial charge on any atom is -0.392 e. The third kappa shape index (κ3) is 6.81. The second-order valence-corrected chi connectivity index (χ2v) is 11.1. The zero-order chi connectivity index (χ0) is 25.7. The van der Waals surface area contributed by atoms with Gasteiger partial charge in [-0.15, -0.1) is 0 Å². The number of halogens is 1. The maximum Gasteiger partial charge on any atom is 0.287 e. The molecule has 1 aromatic rings. The summed E-state index contributed by atoms with van der Waals surface area (Å²) in [4.78, 5) is 35.3. The normalized spacial score (nSPS) is 17.7. The van der Waals surface area contributed by atoms with Crippen LogP contribution in [0.25, 0.3) is 0 Å². The molecule has 12 heteroatoms. The molecule has 0 spiro atoms. The van der Waals surface area contributed by atoms with Gasteiger partial charge >= 0.3 is 0 Å². The quantitative estimate of drug-likeness (QED) is 0.308. The van der Waals surface area contributed by atoms with Crippen LogP contribution in [0, 0.1) is 17.2 Å². The Morgan fingerprint density at radius 1 is 1.24 bits per heavy atom. The maximum absolute atomic E-state index is 13.4. The van der Waals surface area contributed by atoms with E-state index in [1.165, 1.54) is 36.4 Å². The second-order valence-electron chi connectivity index (χ2n) is 9.12. The fraction of sp³-hybridized carbons (Fsp3) is 0.591. The molecule has 1 saturated heterocycles. The van der Waals surface area contributed by atoms with Gasteiger partial charge in [0.1, 0.15) is 11.9 Å². The number of Topliss-reactive ketones (excluding diaryl/α,β-unsaturated/α-hetero) is 1. The number of carbonyl (C=O) groups is 3. The Morgan fingerprint density at radius 3 is 2.41 bits per heavy atom. The molecular formula is C22H32FN3O7S. The molecule has 0 bridgehead atoms. The molecule has 190 valence electrons. The Labute approximate surface area is 198 Å². The third-order valence-electron chi connectivity index (χ3n) is 6.29. The Balaban J connectivity index is 1.79. The van der Waals surface area contributed by atoms with Crippen molar-refractivity contribution in [3.05, 3.63) is 30.1 Å². The topological polar surface area (TPSA) is 167 Å². The van der Waals surface area contributed by atoms with Gasteiger partial charge in [-0.2, -0.15) is 4.31 Å². The number of benzene rings is 1. The van der Waals surface area contributed by atoms with E-state index in [9.17, 15) is 37.4 Å². The minimum atomic E-state index is -3.81. The number of amides is 2. The molecule has 10 nitrogen and oxygen atoms in total. The van der Waals surface area contributed by atoms with E-state index in [4.69, 9.17) is 5.73 Å². The Hall–Kier alpha value is -2.41. The van der Waals surface area contributed by atoms with Crippen LogP contribution < -0.4 is 11.1 Å². The van der Waals surface area contributed by atoms with E-state index in [0.717, 1.165) is 6.07 Å². The number of hydrogen-bond donors (Lipinski definition) is 4. The average molecular weight is 502 g/mol. The maximum atomic E-state index is 13.4. The van der Waals surface area contributed by atoms with Crippen molar-refractivity contribution in [2.24, 2.45) is 17.1 Å². The lowest BCUT2D eigenvalue weighted by Crippen LogP contribution is -2.48. The Bertz CT molecular complexity index is 1010. The van der Waals surface area contributed by atoms with Crippen LogP contribution in [0.4, 0.5) is 4.39 Å². The number of ketones is 1. The first-order valence-electron chi connectivity index (χ1n) is 11.0. The van der Waals surface area contributed by atoms with Crippen molar-refractivity contribution >= 4 is 27.6 Å². The summed E-state index contributed by atoms with van der Waals surface area (Å²) in [5.74, 6) is -3.25. The summed E-state index contributed by atoms with van der Waals surface area (Å²) in [6, 6.07) is 4.81. The fourth-order valence-corrected chi connectivity index (χ4v) is 5.27. The van der Waals surface area contributed by atoms with Gasteiger partial charge in [-0.25, -0.2) is 12.8 Å². The molecule has 0 saturated carbocycles. The van der Waals surface area contributed by atoms with Crippen molar-refractivity contribution in [1.82, 2.24) is 9.62 Å². The lowest BCUT2D eigenvalue weighted by Gasteiger charge is -2.33. The van der Waals surface area contributed by atoms with Crippen LogP contribution in [0.3, 0.4) is 0 Å². The van der Waals surface area contributed by atoms with Crippen LogP contribution in [0.2, 0.25) is 0 Å². The van der Waals surface area contributed by atoms with E-state index in [1.807, 2.05) is 0 Å². The molecule has 0 radical (unpaired) electrons. The number of sulfonamides is 1. The molecule has 0 aromatic heterocycles. The van der Waals surface area contributed by atoms with Crippen molar-refractivity contribution in [2.45, 2.75) is 56.6 Å². The zero-order valence-electron chi connectivity index (χ0n) is 19.2. The van der Waals surface area contributed by atoms with Crippen LogP contribution in [0.5, 0.6) is 0 Å². The van der Waals surface area contributed by atoms with E-state index in [0.29, 0.717) is 12.8 Å². The molecule has 2 amide bonds. The zero-order valence-corrected chi connectivity index (χ0v) is 20.1. The van der Waals surface area contributed by atoms with Gasteiger partial charge in [0, 0.05) is 31.5 Å². The van der Waals surface area contributed by atoms with E-state index in [-0.39, 0.29) is 43.3 Å². The molecule has 1 aromatic carbocycles. The molecule has 0 aliphatic carbocycles. The first-order chi connectivity index (χ1) is 15.8. The number of piperidine rings is 1. The monoisotopic (exact) mass is 501 g/mol. The van der Waals surface area contributed by atoms with E-state index >= 15 is 0 Å². The molecule has 1 heterocycles. The Kier molecular flexibility index (Phi) is 9.29. The first-order valence-corrected chi connectivity index (χ1v) is 12.4. The van der Waals surface area contributed by atoms with Crippen LogP contribution in [0.15, 0.2) is 29.2 Å². The highest BCUT2D eigenvalue weighted by molar-refractivity contribution is 7.89. The number of nitrogens with two attached hydrogens (primary N) is 1. The van der Waals surface area contributed by atoms with Gasteiger partial charge in [0.15, 0.2) is 0 Å². The summed E-state index contributed by atoms with van der Waals surface area (Å²) in [7, 11) is -3.81. The van der Waals surface area contributed by atoms with Crippen LogP contribution in [-0.2, 0) is 24.4 Å². The fourth-order valence-electron chi connectivity index (χ4n) is 3.77. The summed E-state index contributed by atoms with van der Waals surface area (Å²) in [6.45, 7) is 3.46. The van der Waals surface area contributed by atoms with E-state index in [1.54, 1.807) is 0 Å². The second kappa shape index (κ2) is 11.3. The first kappa shape index (κ1) is 27.8. The predicted octanol–water partition coefficient (Wildman–Crippen LogP) is -0.0748. The molecule has 1 aliphatic rings. The highest BCUT2D eigenvalue weighted by Crippen LogP contribution is 2.28. The molecular weight excluding hydrogens is 469 g/mol. The van der Waals surface area contributed by atoms with Crippen molar-refractivity contribution < 1.29 is 37.4 Å². The van der Waals surface area contributed by atoms with Crippen LogP contribution in [-0.4, -0.2) is 72.4 Å². The van der Waals surface area contributed by atoms with Gasteiger partial charge in [-0.05, 0) is 43.4 Å². The smallest absolute Gasteiger partial charge is 0.287 e. The molecule has 1 unspecified atom stereocenters. The summed E-state index contributed by atoms with van der Waals surface area (Å²) in [5, 5.41) is 22.6. The summed E-state index contributed by atoms with van der Waals surface area (Å²) in [6.07, 6.45) is -2.35. The van der Waals surface area contributed by atoms with Gasteiger partial charge < -0.3 is 21.3 Å². The highest BCUT2D eigenvalue weighted by atomic mass is 32.2. The standard InChI is InChI=1S/C22H32FN3O7S/c1-22(2,19(29)20(24)30)18(28)7-6-17(27)21(31)25-13-14-8-10-26(11-9-14)34(32,33)16-5-3-4-15(23)12-16/h3-5,12,14,18-19,28-29H,6-11,13H2,1-2H3,(H2,24,30)(H,25,31)/t18?,19-/m0/s1. The molecule has 2 rings (SSSR count). The number of rotatable bonds is 11. The number of aliphatic hydroxyl groups excluding tert-OH is 2. The third-order valence-corrected chi connectivity index (χ3v) is 8.18. The Morgan fingerprint density at radius 2 is 1.85 bits per heavy atom. The van der Waals surface area contributed by atoms with Gasteiger partial charge in [-0.1, -0.05) is 19.9 Å². The van der Waals surface area contributed by atoms with E-state index in [2.05, 4.69) is 5.32 Å². The van der Waals surface area contributed by atoms with Crippen LogP contribution in [0.1, 0.15) is 39.5 Å². The lowest BCUT2D eigenvalue weighted by molar-refractivity contribution is -0.141. The SMILES string of the molecule is CC(C)(C(O)CCC(=O)C(=O)NCC1CCN(S(=O)(=O)c2cccc(F)c2)CC1)[C@@H](O)C(N)=O. The number of nitrogens with one attached hydrogen (secondary N) is 1. The molecule has 5 N–H and O–H groups in total. The number of nitrogens with zero attached hydrogens (tertiary/aromatic N) is 1. The number of primary amides is 1. The lowest BCUT2D eigenvalue weighted by atomic mass is 9.78. The van der Waals surface area contributed by atoms with Crippen molar-refractivity contribution in [3.8, 4) is 0 Å². The average Bonchev–Trinajstić information content (AvgIpc) is 2.80. The van der Waals surface area contributed by atoms with Gasteiger partial charge in [-0.3, -0.25) is 14.4 Å². The van der Waals surface area contributed by atoms with Crippen molar-refractivity contribution in [3.63, 3.8) is 0 Å². The van der Waals surface area contributed by atoms with Gasteiger partial charge in [0.25, 0.3) is 5.91 Å². The number of carbonyl (C=O) groups excluding carboxylic acids is 3. The largest absolute Gasteiger partial charge is 0.392 e. The van der Waals surface area contributed by atoms with Crippen molar-refractivity contribution in [2.75, 3.05) is 19.6 Å². The molecule has 2 atom stereocenters. The molecule has 1 fully saturated rings. The predicted molar refractivity (Wildman–Crippen MR) is 120 cm³/mol. The minimum absolute atomic E-state index is 0.0362.